The first-order valence-electron chi connectivity index (χ1n) is 5.91. The first-order chi connectivity index (χ1) is 8.50. The molecule has 4 nitrogen and oxygen atoms in total. The Morgan fingerprint density at radius 1 is 1.33 bits per heavy atom. The van der Waals surface area contributed by atoms with Gasteiger partial charge in [0.2, 0.25) is 0 Å². The van der Waals surface area contributed by atoms with E-state index in [-0.39, 0.29) is 23.5 Å². The second kappa shape index (κ2) is 5.10. The molecule has 0 radical (unpaired) electrons. The van der Waals surface area contributed by atoms with Crippen LogP contribution in [0.25, 0.3) is 0 Å². The van der Waals surface area contributed by atoms with Crippen molar-refractivity contribution < 1.29 is 17.9 Å². The van der Waals surface area contributed by atoms with E-state index in [1.807, 2.05) is 31.2 Å². The van der Waals surface area contributed by atoms with Crippen LogP contribution < -0.4 is 4.74 Å². The Hall–Kier alpha value is -1.36. The SMILES string of the molecule is CC(CC=O)c1ccc(OC2CS(=O)(=O)C2)cc1. The topological polar surface area (TPSA) is 60.4 Å². The van der Waals surface area contributed by atoms with E-state index < -0.39 is 9.84 Å². The zero-order valence-corrected chi connectivity index (χ0v) is 11.0. The van der Waals surface area contributed by atoms with Crippen molar-refractivity contribution in [3.05, 3.63) is 29.8 Å². The molecule has 18 heavy (non-hydrogen) atoms. The zero-order chi connectivity index (χ0) is 13.2. The van der Waals surface area contributed by atoms with E-state index in [1.54, 1.807) is 0 Å². The molecule has 5 heteroatoms. The van der Waals surface area contributed by atoms with Crippen LogP contribution >= 0.6 is 0 Å². The molecule has 0 aromatic heterocycles. The van der Waals surface area contributed by atoms with Crippen LogP contribution in [0, 0.1) is 0 Å². The lowest BCUT2D eigenvalue weighted by atomic mass is 9.99. The van der Waals surface area contributed by atoms with Gasteiger partial charge in [0.15, 0.2) is 9.84 Å². The number of hydrogen-bond donors (Lipinski definition) is 0. The van der Waals surface area contributed by atoms with E-state index in [9.17, 15) is 13.2 Å². The van der Waals surface area contributed by atoms with Gasteiger partial charge in [0.25, 0.3) is 0 Å². The average molecular weight is 268 g/mol. The number of benzene rings is 1. The van der Waals surface area contributed by atoms with Crippen molar-refractivity contribution in [3.8, 4) is 5.75 Å². The minimum absolute atomic E-state index is 0.107. The van der Waals surface area contributed by atoms with E-state index in [1.165, 1.54) is 0 Å². The third-order valence-corrected chi connectivity index (χ3v) is 4.84. The third-order valence-electron chi connectivity index (χ3n) is 3.08. The maximum atomic E-state index is 11.0. The van der Waals surface area contributed by atoms with Crippen LogP contribution in [-0.2, 0) is 14.6 Å². The van der Waals surface area contributed by atoms with Crippen molar-refractivity contribution in [1.29, 1.82) is 0 Å². The molecule has 0 amide bonds. The molecule has 0 saturated carbocycles. The monoisotopic (exact) mass is 268 g/mol. The van der Waals surface area contributed by atoms with Gasteiger partial charge in [0.05, 0.1) is 11.5 Å². The lowest BCUT2D eigenvalue weighted by Gasteiger charge is -2.26. The fourth-order valence-corrected chi connectivity index (χ4v) is 3.10. The standard InChI is InChI=1S/C13H16O4S/c1-10(6-7-14)11-2-4-12(5-3-11)17-13-8-18(15,16)9-13/h2-5,7,10,13H,6,8-9H2,1H3. The first kappa shape index (κ1) is 13.1. The minimum Gasteiger partial charge on any atom is -0.488 e. The lowest BCUT2D eigenvalue weighted by molar-refractivity contribution is -0.108. The molecule has 0 spiro atoms. The van der Waals surface area contributed by atoms with E-state index in [0.29, 0.717) is 12.2 Å². The number of carbonyl (C=O) groups is 1. The molecule has 0 bridgehead atoms. The molecule has 1 atom stereocenters. The summed E-state index contributed by atoms with van der Waals surface area (Å²) in [5.74, 6) is 1.09. The van der Waals surface area contributed by atoms with Crippen LogP contribution in [0.1, 0.15) is 24.8 Å². The first-order valence-corrected chi connectivity index (χ1v) is 7.73. The normalized spacial score (nSPS) is 19.8. The maximum Gasteiger partial charge on any atom is 0.157 e. The highest BCUT2D eigenvalue weighted by Crippen LogP contribution is 2.23. The number of rotatable bonds is 5. The fourth-order valence-electron chi connectivity index (χ4n) is 1.93. The second-order valence-electron chi connectivity index (χ2n) is 4.69. The number of carbonyl (C=O) groups excluding carboxylic acids is 1. The Balaban J connectivity index is 1.94. The molecule has 1 heterocycles. The van der Waals surface area contributed by atoms with Gasteiger partial charge < -0.3 is 9.53 Å². The van der Waals surface area contributed by atoms with E-state index in [0.717, 1.165) is 11.8 Å². The highest BCUT2D eigenvalue weighted by atomic mass is 32.2. The number of ether oxygens (including phenoxy) is 1. The largest absolute Gasteiger partial charge is 0.488 e. The summed E-state index contributed by atoms with van der Waals surface area (Å²) in [6.07, 6.45) is 1.20. The number of sulfone groups is 1. The Labute approximate surface area is 107 Å². The summed E-state index contributed by atoms with van der Waals surface area (Å²) in [7, 11) is -2.84. The van der Waals surface area contributed by atoms with Crippen LogP contribution in [0.5, 0.6) is 5.75 Å². The highest BCUT2D eigenvalue weighted by Gasteiger charge is 2.35. The van der Waals surface area contributed by atoms with Crippen molar-refractivity contribution in [3.63, 3.8) is 0 Å². The molecule has 1 fully saturated rings. The van der Waals surface area contributed by atoms with Gasteiger partial charge >= 0.3 is 0 Å². The third kappa shape index (κ3) is 3.10. The van der Waals surface area contributed by atoms with Crippen LogP contribution in [0.3, 0.4) is 0 Å². The van der Waals surface area contributed by atoms with Crippen molar-refractivity contribution in [2.24, 2.45) is 0 Å². The average Bonchev–Trinajstić information content (AvgIpc) is 2.28. The zero-order valence-electron chi connectivity index (χ0n) is 10.2. The lowest BCUT2D eigenvalue weighted by Crippen LogP contribution is -2.45. The molecule has 1 aliphatic heterocycles. The number of aldehydes is 1. The van der Waals surface area contributed by atoms with Crippen molar-refractivity contribution >= 4 is 16.1 Å². The van der Waals surface area contributed by atoms with Crippen molar-refractivity contribution in [2.45, 2.75) is 25.4 Å². The van der Waals surface area contributed by atoms with Gasteiger partial charge in [0.1, 0.15) is 18.1 Å². The van der Waals surface area contributed by atoms with E-state index in [4.69, 9.17) is 4.74 Å². The maximum absolute atomic E-state index is 11.0. The Bertz CT molecular complexity index is 506. The van der Waals surface area contributed by atoms with Crippen molar-refractivity contribution in [1.82, 2.24) is 0 Å². The second-order valence-corrected chi connectivity index (χ2v) is 6.84. The Morgan fingerprint density at radius 3 is 2.44 bits per heavy atom. The van der Waals surface area contributed by atoms with Gasteiger partial charge in [-0.05, 0) is 23.6 Å². The molecule has 98 valence electrons. The Morgan fingerprint density at radius 2 is 1.94 bits per heavy atom. The molecule has 0 N–H and O–H groups in total. The van der Waals surface area contributed by atoms with Gasteiger partial charge in [-0.3, -0.25) is 0 Å². The van der Waals surface area contributed by atoms with E-state index in [2.05, 4.69) is 0 Å². The highest BCUT2D eigenvalue weighted by molar-refractivity contribution is 7.92. The summed E-state index contributed by atoms with van der Waals surface area (Å²) in [4.78, 5) is 10.4. The van der Waals surface area contributed by atoms with Crippen LogP contribution in [0.15, 0.2) is 24.3 Å². The molecular formula is C13H16O4S. The molecule has 0 aliphatic carbocycles. The van der Waals surface area contributed by atoms with Crippen LogP contribution in [0.2, 0.25) is 0 Å². The molecule has 1 aliphatic rings. The molecule has 1 aromatic rings. The summed E-state index contributed by atoms with van der Waals surface area (Å²) in [5.41, 5.74) is 1.08. The van der Waals surface area contributed by atoms with Gasteiger partial charge in [-0.2, -0.15) is 0 Å². The predicted octanol–water partition coefficient (Wildman–Crippen LogP) is 1.55. The summed E-state index contributed by atoms with van der Waals surface area (Å²) >= 11 is 0. The minimum atomic E-state index is -2.84. The van der Waals surface area contributed by atoms with Gasteiger partial charge in [0, 0.05) is 6.42 Å². The fraction of sp³-hybridized carbons (Fsp3) is 0.462. The van der Waals surface area contributed by atoms with Crippen LogP contribution in [-0.4, -0.2) is 32.3 Å². The van der Waals surface area contributed by atoms with E-state index >= 15 is 0 Å². The molecule has 2 rings (SSSR count). The molecular weight excluding hydrogens is 252 g/mol. The summed E-state index contributed by atoms with van der Waals surface area (Å²) in [5, 5.41) is 0. The van der Waals surface area contributed by atoms with Gasteiger partial charge in [-0.25, -0.2) is 8.42 Å². The van der Waals surface area contributed by atoms with Gasteiger partial charge in [-0.1, -0.05) is 19.1 Å². The molecule has 1 aromatic carbocycles. The summed E-state index contributed by atoms with van der Waals surface area (Å²) in [6, 6.07) is 7.47. The number of hydrogen-bond acceptors (Lipinski definition) is 4. The smallest absolute Gasteiger partial charge is 0.157 e. The van der Waals surface area contributed by atoms with Crippen molar-refractivity contribution in [2.75, 3.05) is 11.5 Å². The van der Waals surface area contributed by atoms with Crippen LogP contribution in [0.4, 0.5) is 0 Å². The van der Waals surface area contributed by atoms with Gasteiger partial charge in [-0.15, -0.1) is 0 Å². The summed E-state index contributed by atoms with van der Waals surface area (Å²) < 4.78 is 27.5. The molecule has 1 saturated heterocycles. The molecule has 1 unspecified atom stereocenters. The summed E-state index contributed by atoms with van der Waals surface area (Å²) in [6.45, 7) is 1.99. The Kier molecular flexibility index (Phi) is 3.71. The quantitative estimate of drug-likeness (QED) is 0.760. The predicted molar refractivity (Wildman–Crippen MR) is 68.6 cm³/mol.